The fraction of sp³-hybridized carbons (Fsp3) is 0.400. The number of fused-ring (bicyclic) bond motifs is 1. The molecule has 2 N–H and O–H groups in total. The van der Waals surface area contributed by atoms with Crippen molar-refractivity contribution in [3.63, 3.8) is 0 Å². The van der Waals surface area contributed by atoms with Gasteiger partial charge in [0.05, 0.1) is 19.2 Å². The number of carbonyl (C=O) groups excluding carboxylic acids is 2. The second kappa shape index (κ2) is 3.55. The summed E-state index contributed by atoms with van der Waals surface area (Å²) in [6.07, 6.45) is 1.62. The van der Waals surface area contributed by atoms with Gasteiger partial charge in [-0.2, -0.15) is 0 Å². The van der Waals surface area contributed by atoms with Crippen LogP contribution in [0.5, 0.6) is 0 Å². The van der Waals surface area contributed by atoms with Gasteiger partial charge < -0.3 is 15.1 Å². The van der Waals surface area contributed by atoms with Gasteiger partial charge in [0.15, 0.2) is 0 Å². The van der Waals surface area contributed by atoms with Crippen LogP contribution in [0.3, 0.4) is 0 Å². The number of rotatable bonds is 2. The van der Waals surface area contributed by atoms with Crippen LogP contribution >= 0.6 is 0 Å². The molecule has 0 aliphatic carbocycles. The van der Waals surface area contributed by atoms with Crippen molar-refractivity contribution in [2.24, 2.45) is 5.73 Å². The van der Waals surface area contributed by atoms with Crippen LogP contribution in [-0.2, 0) is 17.8 Å². The van der Waals surface area contributed by atoms with Gasteiger partial charge in [0.2, 0.25) is 11.8 Å². The number of nitrogens with zero attached hydrogens (tertiary/aromatic N) is 2. The summed E-state index contributed by atoms with van der Waals surface area (Å²) in [5, 5.41) is 0. The summed E-state index contributed by atoms with van der Waals surface area (Å²) in [4.78, 5) is 25.5. The molecule has 0 spiro atoms. The molecule has 1 aliphatic rings. The molecule has 2 heterocycles. The second-order valence-electron chi connectivity index (χ2n) is 3.89. The number of carbonyl (C=O) groups is 2. The molecule has 0 unspecified atom stereocenters. The summed E-state index contributed by atoms with van der Waals surface area (Å²) < 4.78 is 5.29. The zero-order chi connectivity index (χ0) is 11.9. The summed E-state index contributed by atoms with van der Waals surface area (Å²) >= 11 is 0. The second-order valence-corrected chi connectivity index (χ2v) is 3.89. The molecule has 0 aromatic carbocycles. The molecule has 0 bridgehead atoms. The molecule has 1 aromatic rings. The Morgan fingerprint density at radius 1 is 1.56 bits per heavy atom. The Labute approximate surface area is 92.6 Å². The predicted molar refractivity (Wildman–Crippen MR) is 56.9 cm³/mol. The Kier molecular flexibility index (Phi) is 2.34. The third kappa shape index (κ3) is 1.52. The number of furan rings is 1. The monoisotopic (exact) mass is 223 g/mol. The molecule has 0 saturated carbocycles. The van der Waals surface area contributed by atoms with Crippen LogP contribution < -0.4 is 10.6 Å². The van der Waals surface area contributed by atoms with Crippen molar-refractivity contribution in [3.05, 3.63) is 17.4 Å². The molecule has 0 atom stereocenters. The van der Waals surface area contributed by atoms with Crippen molar-refractivity contribution in [3.8, 4) is 0 Å². The van der Waals surface area contributed by atoms with E-state index < -0.39 is 5.91 Å². The van der Waals surface area contributed by atoms with Crippen molar-refractivity contribution >= 4 is 17.8 Å². The highest BCUT2D eigenvalue weighted by molar-refractivity contribution is 5.93. The lowest BCUT2D eigenvalue weighted by Gasteiger charge is -2.29. The first-order chi connectivity index (χ1) is 7.50. The van der Waals surface area contributed by atoms with Crippen LogP contribution in [0.1, 0.15) is 11.1 Å². The highest BCUT2D eigenvalue weighted by atomic mass is 16.4. The summed E-state index contributed by atoms with van der Waals surface area (Å²) in [5.41, 5.74) is 6.73. The Morgan fingerprint density at radius 3 is 2.88 bits per heavy atom. The van der Waals surface area contributed by atoms with Gasteiger partial charge in [0, 0.05) is 25.2 Å². The topological polar surface area (TPSA) is 79.8 Å². The number of amides is 3. The molecule has 0 saturated heterocycles. The van der Waals surface area contributed by atoms with E-state index >= 15 is 0 Å². The lowest BCUT2D eigenvalue weighted by molar-refractivity contribution is -0.117. The van der Waals surface area contributed by atoms with E-state index in [1.165, 1.54) is 11.2 Å². The van der Waals surface area contributed by atoms with Crippen LogP contribution in [0.4, 0.5) is 10.7 Å². The van der Waals surface area contributed by atoms with E-state index in [9.17, 15) is 9.59 Å². The smallest absolute Gasteiger partial charge is 0.326 e. The molecule has 1 aromatic heterocycles. The van der Waals surface area contributed by atoms with Crippen LogP contribution in [0, 0.1) is 0 Å². The van der Waals surface area contributed by atoms with Gasteiger partial charge in [-0.3, -0.25) is 9.69 Å². The molecule has 6 heteroatoms. The molecule has 16 heavy (non-hydrogen) atoms. The van der Waals surface area contributed by atoms with E-state index in [4.69, 9.17) is 10.2 Å². The Hall–Kier alpha value is -1.98. The van der Waals surface area contributed by atoms with Gasteiger partial charge >= 0.3 is 6.03 Å². The van der Waals surface area contributed by atoms with E-state index in [0.29, 0.717) is 12.4 Å². The molecular formula is C10H13N3O3. The van der Waals surface area contributed by atoms with E-state index in [0.717, 1.165) is 11.1 Å². The van der Waals surface area contributed by atoms with Gasteiger partial charge in [-0.1, -0.05) is 0 Å². The number of anilines is 1. The molecule has 2 rings (SSSR count). The SMILES string of the molecule is CN1Cc2c(CC(N)=O)coc2N(C)C1=O. The van der Waals surface area contributed by atoms with Gasteiger partial charge in [-0.25, -0.2) is 4.79 Å². The molecule has 3 amide bonds. The number of hydrogen-bond acceptors (Lipinski definition) is 3. The van der Waals surface area contributed by atoms with Crippen LogP contribution in [0.25, 0.3) is 0 Å². The lowest BCUT2D eigenvalue weighted by atomic mass is 10.1. The largest absolute Gasteiger partial charge is 0.448 e. The number of urea groups is 1. The first-order valence-electron chi connectivity index (χ1n) is 4.87. The molecule has 1 aliphatic heterocycles. The Morgan fingerprint density at radius 2 is 2.25 bits per heavy atom. The first-order valence-corrected chi connectivity index (χ1v) is 4.87. The third-order valence-electron chi connectivity index (χ3n) is 2.64. The quantitative estimate of drug-likeness (QED) is 0.783. The van der Waals surface area contributed by atoms with Gasteiger partial charge in [0.25, 0.3) is 0 Å². The highest BCUT2D eigenvalue weighted by Gasteiger charge is 2.30. The maximum Gasteiger partial charge on any atom is 0.326 e. The number of primary amides is 1. The van der Waals surface area contributed by atoms with Crippen LogP contribution in [0.15, 0.2) is 10.7 Å². The molecule has 0 fully saturated rings. The average molecular weight is 223 g/mol. The van der Waals surface area contributed by atoms with E-state index in [1.807, 2.05) is 0 Å². The van der Waals surface area contributed by atoms with Crippen molar-refractivity contribution < 1.29 is 14.0 Å². The van der Waals surface area contributed by atoms with E-state index in [1.54, 1.807) is 19.0 Å². The minimum atomic E-state index is -0.411. The minimum Gasteiger partial charge on any atom is -0.448 e. The zero-order valence-corrected chi connectivity index (χ0v) is 9.19. The molecule has 6 nitrogen and oxygen atoms in total. The van der Waals surface area contributed by atoms with Crippen molar-refractivity contribution in [2.75, 3.05) is 19.0 Å². The first kappa shape index (κ1) is 10.5. The minimum absolute atomic E-state index is 0.132. The maximum atomic E-state index is 11.6. The summed E-state index contributed by atoms with van der Waals surface area (Å²) in [6, 6.07) is -0.132. The summed E-state index contributed by atoms with van der Waals surface area (Å²) in [7, 11) is 3.33. The lowest BCUT2D eigenvalue weighted by Crippen LogP contribution is -2.42. The molecular weight excluding hydrogens is 210 g/mol. The fourth-order valence-electron chi connectivity index (χ4n) is 1.84. The van der Waals surface area contributed by atoms with Crippen molar-refractivity contribution in [1.82, 2.24) is 4.90 Å². The van der Waals surface area contributed by atoms with Crippen molar-refractivity contribution in [2.45, 2.75) is 13.0 Å². The highest BCUT2D eigenvalue weighted by Crippen LogP contribution is 2.31. The van der Waals surface area contributed by atoms with Crippen LogP contribution in [-0.4, -0.2) is 30.9 Å². The molecule has 86 valence electrons. The number of hydrogen-bond donors (Lipinski definition) is 1. The normalized spacial score (nSPS) is 15.2. The predicted octanol–water partition coefficient (Wildman–Crippen LogP) is 0.309. The average Bonchev–Trinajstić information content (AvgIpc) is 2.58. The van der Waals surface area contributed by atoms with E-state index in [2.05, 4.69) is 0 Å². The van der Waals surface area contributed by atoms with Gasteiger partial charge in [-0.05, 0) is 0 Å². The van der Waals surface area contributed by atoms with Gasteiger partial charge in [0.1, 0.15) is 0 Å². The standard InChI is InChI=1S/C10H13N3O3/c1-12-4-7-6(3-8(11)14)5-16-9(7)13(2)10(12)15/h5H,3-4H2,1-2H3,(H2,11,14). The van der Waals surface area contributed by atoms with E-state index in [-0.39, 0.29) is 12.5 Å². The maximum absolute atomic E-state index is 11.6. The fourth-order valence-corrected chi connectivity index (χ4v) is 1.84. The Balaban J connectivity index is 2.39. The van der Waals surface area contributed by atoms with Crippen molar-refractivity contribution in [1.29, 1.82) is 0 Å². The van der Waals surface area contributed by atoms with Crippen LogP contribution in [0.2, 0.25) is 0 Å². The summed E-state index contributed by atoms with van der Waals surface area (Å²) in [5.74, 6) is 0.0881. The van der Waals surface area contributed by atoms with Gasteiger partial charge in [-0.15, -0.1) is 0 Å². The third-order valence-corrected chi connectivity index (χ3v) is 2.64. The number of nitrogens with two attached hydrogens (primary N) is 1. The Bertz CT molecular complexity index is 452. The summed E-state index contributed by atoms with van der Waals surface area (Å²) in [6.45, 7) is 0.442. The zero-order valence-electron chi connectivity index (χ0n) is 9.19. The molecule has 0 radical (unpaired) electrons.